The average Bonchev–Trinajstić information content (AvgIpc) is 3.49. The summed E-state index contributed by atoms with van der Waals surface area (Å²) in [6.45, 7) is 28.4. The third-order valence-corrected chi connectivity index (χ3v) is 15.7. The van der Waals surface area contributed by atoms with E-state index in [9.17, 15) is 63.0 Å². The molecule has 13 atom stereocenters. The van der Waals surface area contributed by atoms with E-state index < -0.39 is 162 Å². The molecule has 0 unspecified atom stereocenters. The van der Waals surface area contributed by atoms with Crippen molar-refractivity contribution in [1.82, 2.24) is 56.0 Å². The molecule has 0 aromatic carbocycles. The van der Waals surface area contributed by atoms with E-state index in [4.69, 9.17) is 0 Å². The van der Waals surface area contributed by atoms with Crippen LogP contribution in [-0.4, -0.2) is 226 Å². The number of carbonyl (C=O) groups excluding carboxylic acids is 11. The molecule has 24 nitrogen and oxygen atoms in total. The van der Waals surface area contributed by atoms with Gasteiger partial charge in [0.25, 0.3) is 0 Å². The number of hydrogen-bond acceptors (Lipinski definition) is 13. The fourth-order valence-electron chi connectivity index (χ4n) is 10.4. The SMILES string of the molecule is C/C=C/C[C@@H](C)[C@@H](O)[C@@H]1NC(=O)[C@H](C(C)C)N(C)C(=O)[C@H](CC(C)C)N(C)C(=O)[C@@H](CC(C)C)N(C)C(=O)[C@@H](C)NC(=O)[C@H](C)NC(=O)[C@H](CC(C)C)N(C)C(=O)[C@H](C(C)C)NC(=O)[C@H](CC(C)C)N(C)C(=O)CN(C)C(=O)[C@H]([C@@H](C)O)NC1=O. The molecule has 486 valence electrons. The molecule has 1 rings (SSSR count). The van der Waals surface area contributed by atoms with Crippen molar-refractivity contribution in [3.63, 3.8) is 0 Å². The Bertz CT molecular complexity index is 2330. The van der Waals surface area contributed by atoms with Gasteiger partial charge in [-0.05, 0) is 101 Å². The number of nitrogens with one attached hydrogen (secondary N) is 5. The summed E-state index contributed by atoms with van der Waals surface area (Å²) in [5, 5.41) is 36.3. The summed E-state index contributed by atoms with van der Waals surface area (Å²) in [6, 6.07) is -13.2. The quantitative estimate of drug-likeness (QED) is 0.116. The predicted octanol–water partition coefficient (Wildman–Crippen LogP) is 1.90. The number of amides is 11. The first-order valence-corrected chi connectivity index (χ1v) is 30.2. The minimum absolute atomic E-state index is 0.113. The van der Waals surface area contributed by atoms with Gasteiger partial charge in [0.05, 0.1) is 18.8 Å². The van der Waals surface area contributed by atoms with Crippen molar-refractivity contribution in [2.75, 3.05) is 48.8 Å². The largest absolute Gasteiger partial charge is 0.391 e. The lowest BCUT2D eigenvalue weighted by Gasteiger charge is -2.40. The van der Waals surface area contributed by atoms with Gasteiger partial charge in [-0.3, -0.25) is 52.7 Å². The Balaban J connectivity index is 4.31. The Morgan fingerprint density at radius 3 is 1.28 bits per heavy atom. The first-order chi connectivity index (χ1) is 39.2. The minimum Gasteiger partial charge on any atom is -0.391 e. The van der Waals surface area contributed by atoms with E-state index in [1.54, 1.807) is 53.7 Å². The van der Waals surface area contributed by atoms with Crippen molar-refractivity contribution < 1.29 is 63.0 Å². The fraction of sp³-hybridized carbons (Fsp3) is 0.787. The van der Waals surface area contributed by atoms with E-state index >= 15 is 0 Å². The molecule has 0 spiro atoms. The van der Waals surface area contributed by atoms with E-state index in [0.717, 1.165) is 9.80 Å². The Hall–Kier alpha value is -6.17. The summed E-state index contributed by atoms with van der Waals surface area (Å²) < 4.78 is 0. The zero-order chi connectivity index (χ0) is 66.0. The van der Waals surface area contributed by atoms with Gasteiger partial charge in [-0.15, -0.1) is 0 Å². The number of rotatable bonds is 15. The van der Waals surface area contributed by atoms with Crippen LogP contribution in [0, 0.1) is 41.4 Å². The lowest BCUT2D eigenvalue weighted by molar-refractivity contribution is -0.154. The van der Waals surface area contributed by atoms with Crippen LogP contribution in [-0.2, 0) is 52.7 Å². The lowest BCUT2D eigenvalue weighted by atomic mass is 9.92. The molecule has 0 aromatic rings. The lowest BCUT2D eigenvalue weighted by Crippen LogP contribution is -2.64. The van der Waals surface area contributed by atoms with Crippen molar-refractivity contribution in [2.45, 2.75) is 222 Å². The zero-order valence-corrected chi connectivity index (χ0v) is 55.4. The van der Waals surface area contributed by atoms with E-state index in [-0.39, 0.29) is 55.8 Å². The molecule has 0 saturated carbocycles. The van der Waals surface area contributed by atoms with Crippen LogP contribution < -0.4 is 26.6 Å². The maximum absolute atomic E-state index is 15.0. The highest BCUT2D eigenvalue weighted by atomic mass is 16.3. The third-order valence-electron chi connectivity index (χ3n) is 15.7. The number of aliphatic hydroxyl groups is 2. The number of hydrogen-bond donors (Lipinski definition) is 7. The predicted molar refractivity (Wildman–Crippen MR) is 325 cm³/mol. The molecule has 1 saturated heterocycles. The summed E-state index contributed by atoms with van der Waals surface area (Å²) in [6.07, 6.45) is 1.06. The fourth-order valence-corrected chi connectivity index (χ4v) is 10.4. The van der Waals surface area contributed by atoms with Crippen LogP contribution in [0.25, 0.3) is 0 Å². The van der Waals surface area contributed by atoms with Gasteiger partial charge in [-0.2, -0.15) is 0 Å². The first-order valence-electron chi connectivity index (χ1n) is 30.2. The molecular formula is C61H109N11O13. The van der Waals surface area contributed by atoms with Crippen molar-refractivity contribution in [3.05, 3.63) is 12.2 Å². The number of carbonyl (C=O) groups is 11. The van der Waals surface area contributed by atoms with Crippen molar-refractivity contribution in [2.24, 2.45) is 41.4 Å². The Morgan fingerprint density at radius 1 is 0.435 bits per heavy atom. The summed E-state index contributed by atoms with van der Waals surface area (Å²) in [5.41, 5.74) is 0. The maximum Gasteiger partial charge on any atom is 0.248 e. The average molecular weight is 1200 g/mol. The molecule has 0 aliphatic carbocycles. The van der Waals surface area contributed by atoms with Gasteiger partial charge < -0.3 is 66.2 Å². The minimum atomic E-state index is -1.78. The Morgan fingerprint density at radius 2 is 0.835 bits per heavy atom. The van der Waals surface area contributed by atoms with Crippen LogP contribution in [0.1, 0.15) is 150 Å². The van der Waals surface area contributed by atoms with Gasteiger partial charge in [0, 0.05) is 42.3 Å². The number of allylic oxidation sites excluding steroid dienone is 2. The molecule has 24 heteroatoms. The summed E-state index contributed by atoms with van der Waals surface area (Å²) in [4.78, 5) is 166. The number of aliphatic hydroxyl groups excluding tert-OH is 2. The van der Waals surface area contributed by atoms with Gasteiger partial charge in [0.2, 0.25) is 65.0 Å². The van der Waals surface area contributed by atoms with E-state index in [2.05, 4.69) is 26.6 Å². The monoisotopic (exact) mass is 1200 g/mol. The first kappa shape index (κ1) is 76.8. The summed E-state index contributed by atoms with van der Waals surface area (Å²) in [7, 11) is 8.29. The molecular weight excluding hydrogens is 1090 g/mol. The molecule has 85 heavy (non-hydrogen) atoms. The highest BCUT2D eigenvalue weighted by Gasteiger charge is 2.44. The maximum atomic E-state index is 15.0. The molecule has 0 bridgehead atoms. The van der Waals surface area contributed by atoms with Crippen LogP contribution in [0.15, 0.2) is 12.2 Å². The molecule has 1 heterocycles. The van der Waals surface area contributed by atoms with Gasteiger partial charge in [-0.1, -0.05) is 102 Å². The van der Waals surface area contributed by atoms with Crippen LogP contribution in [0.3, 0.4) is 0 Å². The molecule has 1 fully saturated rings. The highest BCUT2D eigenvalue weighted by Crippen LogP contribution is 2.24. The van der Waals surface area contributed by atoms with E-state index in [1.807, 2.05) is 55.4 Å². The molecule has 1 aliphatic rings. The molecule has 0 aromatic heterocycles. The Kier molecular flexibility index (Phi) is 31.5. The van der Waals surface area contributed by atoms with Crippen LogP contribution in [0.4, 0.5) is 0 Å². The topological polar surface area (TPSA) is 308 Å². The van der Waals surface area contributed by atoms with Crippen LogP contribution in [0.5, 0.6) is 0 Å². The number of likely N-dealkylation sites (N-methyl/N-ethyl adjacent to an activating group) is 6. The van der Waals surface area contributed by atoms with E-state index in [1.165, 1.54) is 82.7 Å². The molecule has 11 amide bonds. The molecule has 7 N–H and O–H groups in total. The van der Waals surface area contributed by atoms with Crippen molar-refractivity contribution >= 4 is 65.0 Å². The van der Waals surface area contributed by atoms with Gasteiger partial charge in [0.15, 0.2) is 0 Å². The van der Waals surface area contributed by atoms with E-state index in [0.29, 0.717) is 0 Å². The second-order valence-corrected chi connectivity index (χ2v) is 25.9. The highest BCUT2D eigenvalue weighted by molar-refractivity contribution is 5.99. The summed E-state index contributed by atoms with van der Waals surface area (Å²) in [5.74, 6) is -10.8. The number of nitrogens with zero attached hydrogens (tertiary/aromatic N) is 6. The molecule has 0 radical (unpaired) electrons. The van der Waals surface area contributed by atoms with Crippen LogP contribution in [0.2, 0.25) is 0 Å². The second-order valence-electron chi connectivity index (χ2n) is 25.9. The van der Waals surface area contributed by atoms with Gasteiger partial charge >= 0.3 is 0 Å². The van der Waals surface area contributed by atoms with Crippen LogP contribution >= 0.6 is 0 Å². The normalized spacial score (nSPS) is 27.2. The smallest absolute Gasteiger partial charge is 0.248 e. The summed E-state index contributed by atoms with van der Waals surface area (Å²) >= 11 is 0. The van der Waals surface area contributed by atoms with Gasteiger partial charge in [-0.25, -0.2) is 0 Å². The third kappa shape index (κ3) is 22.2. The van der Waals surface area contributed by atoms with Gasteiger partial charge in [0.1, 0.15) is 60.4 Å². The van der Waals surface area contributed by atoms with Crippen molar-refractivity contribution in [1.29, 1.82) is 0 Å². The second kappa shape index (κ2) is 34.8. The molecule has 1 aliphatic heterocycles. The Labute approximate surface area is 507 Å². The standard InChI is InChI=1S/C61H109N11O13/c1-24-25-26-38(14)51(75)49-55(79)65-48(41(17)73)60(84)67(18)31-46(74)68(19)42(27-32(2)3)54(78)64-47(36(10)11)61(85)69(20)43(28-33(4)5)53(77)62-39(15)52(76)63-40(16)57(81)70(21)44(29-34(6)7)58(82)71(22)45(30-35(8)9)59(83)72(23)50(37(12)13)56(80)66-49/h24-25,32-45,47-51,73,75H,26-31H2,1-23H3,(H,62,77)(H,63,76)(H,64,78)(H,65,79)(H,66,80)/b25-24+/t38-,39+,40-,41-,42+,43+,44-,45+,47+,48+,49+,50+,51-/m1/s1. The zero-order valence-electron chi connectivity index (χ0n) is 55.4. The van der Waals surface area contributed by atoms with Crippen molar-refractivity contribution in [3.8, 4) is 0 Å².